The van der Waals surface area contributed by atoms with Crippen molar-refractivity contribution in [3.8, 4) is 0 Å². The summed E-state index contributed by atoms with van der Waals surface area (Å²) >= 11 is 0. The van der Waals surface area contributed by atoms with E-state index in [1.165, 1.54) is 0 Å². The minimum Gasteiger partial charge on any atom is -0.462 e. The molecule has 1 atom stereocenters. The van der Waals surface area contributed by atoms with Crippen molar-refractivity contribution in [2.24, 2.45) is 23.3 Å². The van der Waals surface area contributed by atoms with Crippen molar-refractivity contribution in [1.29, 1.82) is 0 Å². The summed E-state index contributed by atoms with van der Waals surface area (Å²) in [5.74, 6) is -0.427. The molecule has 172 valence electrons. The Kier molecular flexibility index (Phi) is 10.5. The Morgan fingerprint density at radius 3 is 2.52 bits per heavy atom. The number of carbonyl (C=O) groups is 3. The summed E-state index contributed by atoms with van der Waals surface area (Å²) in [5.41, 5.74) is 12.2. The Hall–Kier alpha value is -2.45. The normalized spacial score (nSPS) is 19.3. The maximum absolute atomic E-state index is 12.9. The Balaban J connectivity index is 2.01. The van der Waals surface area contributed by atoms with Crippen LogP contribution >= 0.6 is 0 Å². The zero-order chi connectivity index (χ0) is 22.6. The highest BCUT2D eigenvalue weighted by Gasteiger charge is 2.29. The molecular weight excluding hydrogens is 396 g/mol. The number of carbonyl (C=O) groups excluding carboxylic acids is 3. The maximum atomic E-state index is 12.9. The molecule has 0 bridgehead atoms. The summed E-state index contributed by atoms with van der Waals surface area (Å²) in [6, 6.07) is 5.93. The number of anilines is 1. The van der Waals surface area contributed by atoms with E-state index in [0.29, 0.717) is 36.7 Å². The number of amides is 2. The van der Waals surface area contributed by atoms with E-state index < -0.39 is 12.0 Å². The van der Waals surface area contributed by atoms with Gasteiger partial charge in [-0.1, -0.05) is 6.07 Å². The van der Waals surface area contributed by atoms with Gasteiger partial charge in [-0.3, -0.25) is 9.59 Å². The second-order valence-electron chi connectivity index (χ2n) is 8.09. The molecule has 31 heavy (non-hydrogen) atoms. The number of hydrogen-bond acceptors (Lipinski definition) is 6. The van der Waals surface area contributed by atoms with Crippen LogP contribution in [0.3, 0.4) is 0 Å². The van der Waals surface area contributed by atoms with Gasteiger partial charge >= 0.3 is 5.97 Å². The van der Waals surface area contributed by atoms with Crippen LogP contribution in [0.4, 0.5) is 5.69 Å². The number of benzene rings is 1. The Labute approximate surface area is 184 Å². The van der Waals surface area contributed by atoms with Crippen molar-refractivity contribution in [1.82, 2.24) is 5.32 Å². The molecule has 1 saturated carbocycles. The number of ether oxygens (including phenoxy) is 1. The zero-order valence-electron chi connectivity index (χ0n) is 18.4. The molecule has 0 heterocycles. The van der Waals surface area contributed by atoms with Crippen LogP contribution in [0, 0.1) is 11.8 Å². The lowest BCUT2D eigenvalue weighted by atomic mass is 9.81. The summed E-state index contributed by atoms with van der Waals surface area (Å²) in [7, 11) is 0. The fraction of sp³-hybridized carbons (Fsp3) is 0.609. The van der Waals surface area contributed by atoms with Crippen molar-refractivity contribution in [2.75, 3.05) is 25.0 Å². The van der Waals surface area contributed by atoms with Gasteiger partial charge in [0.25, 0.3) is 0 Å². The molecule has 1 fully saturated rings. The Morgan fingerprint density at radius 2 is 1.87 bits per heavy atom. The lowest BCUT2D eigenvalue weighted by Gasteiger charge is -2.28. The second kappa shape index (κ2) is 13.1. The molecule has 8 nitrogen and oxygen atoms in total. The maximum Gasteiger partial charge on any atom is 0.338 e. The first-order valence-corrected chi connectivity index (χ1v) is 11.3. The first-order chi connectivity index (χ1) is 15.0. The molecular formula is C23H36N4O4. The lowest BCUT2D eigenvalue weighted by Crippen LogP contribution is -2.46. The van der Waals surface area contributed by atoms with Crippen molar-refractivity contribution in [3.63, 3.8) is 0 Å². The van der Waals surface area contributed by atoms with Crippen LogP contribution in [0.2, 0.25) is 0 Å². The van der Waals surface area contributed by atoms with E-state index in [-0.39, 0.29) is 24.3 Å². The predicted octanol–water partition coefficient (Wildman–Crippen LogP) is 2.18. The number of nitrogens with one attached hydrogen (secondary N) is 2. The van der Waals surface area contributed by atoms with Gasteiger partial charge in [0.2, 0.25) is 11.8 Å². The van der Waals surface area contributed by atoms with Crippen molar-refractivity contribution in [2.45, 2.75) is 57.9 Å². The molecule has 0 unspecified atom stereocenters. The number of esters is 1. The molecule has 1 aliphatic rings. The Bertz CT molecular complexity index is 732. The number of rotatable bonds is 11. The molecule has 0 radical (unpaired) electrons. The molecule has 1 aromatic rings. The monoisotopic (exact) mass is 432 g/mol. The molecule has 6 N–H and O–H groups in total. The molecule has 0 aliphatic heterocycles. The summed E-state index contributed by atoms with van der Waals surface area (Å²) < 4.78 is 5.01. The number of hydrogen-bond donors (Lipinski definition) is 4. The average molecular weight is 433 g/mol. The fourth-order valence-corrected chi connectivity index (χ4v) is 3.88. The average Bonchev–Trinajstić information content (AvgIpc) is 2.78. The van der Waals surface area contributed by atoms with E-state index in [2.05, 4.69) is 10.6 Å². The van der Waals surface area contributed by atoms with E-state index >= 15 is 0 Å². The van der Waals surface area contributed by atoms with Gasteiger partial charge in [0, 0.05) is 11.6 Å². The summed E-state index contributed by atoms with van der Waals surface area (Å²) in [6.45, 7) is 3.20. The Morgan fingerprint density at radius 1 is 1.13 bits per heavy atom. The molecule has 0 spiro atoms. The van der Waals surface area contributed by atoms with Gasteiger partial charge in [-0.2, -0.15) is 0 Å². The number of nitrogens with two attached hydrogens (primary N) is 2. The molecule has 0 aromatic heterocycles. The quantitative estimate of drug-likeness (QED) is 0.312. The first kappa shape index (κ1) is 24.8. The van der Waals surface area contributed by atoms with Crippen LogP contribution in [-0.4, -0.2) is 43.5 Å². The van der Waals surface area contributed by atoms with E-state index in [1.54, 1.807) is 31.2 Å². The molecule has 2 rings (SSSR count). The van der Waals surface area contributed by atoms with Crippen LogP contribution in [0.15, 0.2) is 24.3 Å². The van der Waals surface area contributed by atoms with E-state index in [4.69, 9.17) is 16.2 Å². The summed E-state index contributed by atoms with van der Waals surface area (Å²) in [5, 5.41) is 5.76. The van der Waals surface area contributed by atoms with Gasteiger partial charge in [-0.05, 0) is 89.1 Å². The zero-order valence-corrected chi connectivity index (χ0v) is 18.4. The third-order valence-corrected chi connectivity index (χ3v) is 5.77. The molecule has 2 amide bonds. The highest BCUT2D eigenvalue weighted by atomic mass is 16.5. The van der Waals surface area contributed by atoms with Crippen LogP contribution in [-0.2, 0) is 14.3 Å². The summed E-state index contributed by atoms with van der Waals surface area (Å²) in [4.78, 5) is 37.7. The second-order valence-corrected chi connectivity index (χ2v) is 8.09. The molecule has 1 aliphatic carbocycles. The van der Waals surface area contributed by atoms with Crippen LogP contribution in [0.1, 0.15) is 62.2 Å². The third kappa shape index (κ3) is 7.95. The SMILES string of the molecule is CCOC(=O)c1cccc(NC(=O)[C@H](CCCCN)NC(=O)C2CCC(CN)CC2)c1. The van der Waals surface area contributed by atoms with Gasteiger partial charge in [0.05, 0.1) is 12.2 Å². The van der Waals surface area contributed by atoms with Gasteiger partial charge in [0.1, 0.15) is 6.04 Å². The van der Waals surface area contributed by atoms with Crippen molar-refractivity contribution < 1.29 is 19.1 Å². The molecule has 0 saturated heterocycles. The van der Waals surface area contributed by atoms with Gasteiger partial charge < -0.3 is 26.8 Å². The predicted molar refractivity (Wildman–Crippen MR) is 120 cm³/mol. The van der Waals surface area contributed by atoms with Crippen LogP contribution < -0.4 is 22.1 Å². The third-order valence-electron chi connectivity index (χ3n) is 5.77. The van der Waals surface area contributed by atoms with Crippen molar-refractivity contribution >= 4 is 23.5 Å². The van der Waals surface area contributed by atoms with E-state index in [9.17, 15) is 14.4 Å². The standard InChI is InChI=1S/C23H36N4O4/c1-2-31-23(30)18-6-5-7-19(14-18)26-22(29)20(8-3-4-13-24)27-21(28)17-11-9-16(15-25)10-12-17/h5-7,14,16-17,20H,2-4,8-13,15,24-25H2,1H3,(H,26,29)(H,27,28)/t16?,17?,20-/m0/s1. The molecule has 1 aromatic carbocycles. The van der Waals surface area contributed by atoms with Crippen molar-refractivity contribution in [3.05, 3.63) is 29.8 Å². The smallest absolute Gasteiger partial charge is 0.338 e. The minimum absolute atomic E-state index is 0.0800. The van der Waals surface area contributed by atoms with E-state index in [1.807, 2.05) is 0 Å². The van der Waals surface area contributed by atoms with Gasteiger partial charge in [-0.15, -0.1) is 0 Å². The lowest BCUT2D eigenvalue weighted by molar-refractivity contribution is -0.130. The van der Waals surface area contributed by atoms with Crippen LogP contribution in [0.5, 0.6) is 0 Å². The molecule has 8 heteroatoms. The first-order valence-electron chi connectivity index (χ1n) is 11.3. The van der Waals surface area contributed by atoms with Gasteiger partial charge in [0.15, 0.2) is 0 Å². The van der Waals surface area contributed by atoms with Gasteiger partial charge in [-0.25, -0.2) is 4.79 Å². The highest BCUT2D eigenvalue weighted by Crippen LogP contribution is 2.28. The topological polar surface area (TPSA) is 137 Å². The highest BCUT2D eigenvalue weighted by molar-refractivity contribution is 5.98. The largest absolute Gasteiger partial charge is 0.462 e. The van der Waals surface area contributed by atoms with E-state index in [0.717, 1.165) is 38.5 Å². The fourth-order valence-electron chi connectivity index (χ4n) is 3.88. The van der Waals surface area contributed by atoms with Crippen LogP contribution in [0.25, 0.3) is 0 Å². The summed E-state index contributed by atoms with van der Waals surface area (Å²) in [6.07, 6.45) is 5.50. The number of unbranched alkanes of at least 4 members (excludes halogenated alkanes) is 1. The minimum atomic E-state index is -0.655.